The molecule has 0 aromatic heterocycles. The molecule has 0 spiro atoms. The van der Waals surface area contributed by atoms with Crippen molar-refractivity contribution in [2.24, 2.45) is 34.5 Å². The van der Waals surface area contributed by atoms with E-state index < -0.39 is 70.4 Å². The molecule has 5 N–H and O–H groups in total. The Balaban J connectivity index is 1.61. The van der Waals surface area contributed by atoms with Crippen LogP contribution >= 0.6 is 0 Å². The third-order valence-corrected chi connectivity index (χ3v) is 11.5. The van der Waals surface area contributed by atoms with Gasteiger partial charge in [-0.15, -0.1) is 6.58 Å². The Labute approximate surface area is 315 Å². The van der Waals surface area contributed by atoms with E-state index >= 15 is 0 Å². The highest BCUT2D eigenvalue weighted by molar-refractivity contribution is 6.38. The third kappa shape index (κ3) is 10.7. The lowest BCUT2D eigenvalue weighted by Gasteiger charge is -2.42. The molecule has 2 saturated carbocycles. The van der Waals surface area contributed by atoms with Crippen LogP contribution < -0.4 is 26.6 Å². The number of rotatable bonds is 15. The largest absolute Gasteiger partial charge is 0.346 e. The van der Waals surface area contributed by atoms with Gasteiger partial charge in [0.1, 0.15) is 18.1 Å². The van der Waals surface area contributed by atoms with Gasteiger partial charge in [-0.3, -0.25) is 24.0 Å². The average Bonchev–Trinajstić information content (AvgIpc) is 3.85. The second kappa shape index (κ2) is 17.7. The van der Waals surface area contributed by atoms with Gasteiger partial charge >= 0.3 is 6.03 Å². The number of benzene rings is 1. The van der Waals surface area contributed by atoms with Crippen molar-refractivity contribution in [1.82, 2.24) is 26.2 Å². The number of ketones is 1. The van der Waals surface area contributed by atoms with Gasteiger partial charge in [0.15, 0.2) is 0 Å². The molecule has 12 nitrogen and oxygen atoms in total. The Bertz CT molecular complexity index is 1500. The van der Waals surface area contributed by atoms with Crippen LogP contribution in [-0.2, 0) is 24.0 Å². The molecule has 3 fully saturated rings. The summed E-state index contributed by atoms with van der Waals surface area (Å²) in [6.45, 7) is 17.7. The summed E-state index contributed by atoms with van der Waals surface area (Å²) in [6, 6.07) is 4.57. The summed E-state index contributed by atoms with van der Waals surface area (Å²) in [4.78, 5) is 84.4. The molecule has 1 aromatic carbocycles. The van der Waals surface area contributed by atoms with Gasteiger partial charge in [-0.2, -0.15) is 0 Å². The van der Waals surface area contributed by atoms with Crippen LogP contribution in [0.15, 0.2) is 43.0 Å². The minimum Gasteiger partial charge on any atom is -0.346 e. The van der Waals surface area contributed by atoms with Gasteiger partial charge < -0.3 is 31.5 Å². The van der Waals surface area contributed by atoms with Crippen molar-refractivity contribution in [3.63, 3.8) is 0 Å². The predicted molar refractivity (Wildman–Crippen MR) is 205 cm³/mol. The Morgan fingerprint density at radius 2 is 1.60 bits per heavy atom. The fourth-order valence-electron chi connectivity index (χ4n) is 8.10. The lowest BCUT2D eigenvalue weighted by Crippen LogP contribution is -2.63. The second-order valence-electron chi connectivity index (χ2n) is 17.2. The highest BCUT2D eigenvalue weighted by Gasteiger charge is 2.51. The van der Waals surface area contributed by atoms with E-state index in [1.54, 1.807) is 17.0 Å². The summed E-state index contributed by atoms with van der Waals surface area (Å²) in [6.07, 6.45) is 8.02. The zero-order valence-corrected chi connectivity index (χ0v) is 32.8. The molecule has 2 unspecified atom stereocenters. The second-order valence-corrected chi connectivity index (χ2v) is 17.2. The number of amides is 6. The van der Waals surface area contributed by atoms with Crippen LogP contribution in [0.2, 0.25) is 0 Å². The van der Waals surface area contributed by atoms with Crippen LogP contribution in [0.4, 0.5) is 10.5 Å². The monoisotopic (exact) mass is 734 g/mol. The third-order valence-electron chi connectivity index (χ3n) is 11.5. The summed E-state index contributed by atoms with van der Waals surface area (Å²) in [5.74, 6) is -2.78. The minimum atomic E-state index is -1.04. The number of anilines is 1. The first-order valence-electron chi connectivity index (χ1n) is 19.4. The molecule has 2 aliphatic carbocycles. The standard InChI is InChI=1S/C41H62N6O6/c1-9-22-42-36(50)32(48)30(23-27-18-19-27)44-35(49)31-26(4)29(25(2)3)24-47(31)38(52)34(40(5,6)7)45-37(51)33(41(8)20-14-11-15-21-41)46-39(53)43-28-16-12-10-13-17-28/h9-10,12-13,16-17,25-27,29-31,33-34H,1,11,14-15,18-24H2,2-8H3,(H,42,50)(H,44,49)(H,45,51)(H2,43,46,53)/t26?,29-,30?,31+,33-,34-/m1/s1. The normalized spacial score (nSPS) is 22.9. The molecular weight excluding hydrogens is 672 g/mol. The van der Waals surface area contributed by atoms with E-state index in [0.29, 0.717) is 12.1 Å². The van der Waals surface area contributed by atoms with Crippen LogP contribution in [-0.4, -0.2) is 77.6 Å². The van der Waals surface area contributed by atoms with Crippen LogP contribution in [0.25, 0.3) is 0 Å². The topological polar surface area (TPSA) is 166 Å². The van der Waals surface area contributed by atoms with Gasteiger partial charge in [0.25, 0.3) is 5.91 Å². The maximum absolute atomic E-state index is 14.8. The van der Waals surface area contributed by atoms with Gasteiger partial charge in [-0.25, -0.2) is 4.79 Å². The molecule has 4 rings (SSSR count). The maximum atomic E-state index is 14.8. The zero-order chi connectivity index (χ0) is 39.1. The van der Waals surface area contributed by atoms with Crippen molar-refractivity contribution in [1.29, 1.82) is 0 Å². The number of carbonyl (C=O) groups is 6. The van der Waals surface area contributed by atoms with E-state index in [1.807, 2.05) is 52.8 Å². The fourth-order valence-corrected chi connectivity index (χ4v) is 8.10. The van der Waals surface area contributed by atoms with Crippen LogP contribution in [0.1, 0.15) is 99.8 Å². The SMILES string of the molecule is C=CCNC(=O)C(=O)C(CC1CC1)NC(=O)[C@@H]1C(C)[C@@H](C(C)C)CN1C(=O)[C@@H](NC(=O)[C@@H](NC(=O)Nc1ccccc1)C1(C)CCCCC1)C(C)(C)C. The number of Topliss-reactive ketones (excluding diaryl/α,β-unsaturated/α-hetero) is 1. The fraction of sp³-hybridized carbons (Fsp3) is 0.659. The molecule has 292 valence electrons. The van der Waals surface area contributed by atoms with Gasteiger partial charge in [-0.05, 0) is 65.9 Å². The average molecular weight is 735 g/mol. The number of carbonyl (C=O) groups excluding carboxylic acids is 6. The molecular formula is C41H62N6O6. The number of nitrogens with zero attached hydrogens (tertiary/aromatic N) is 1. The first-order valence-corrected chi connectivity index (χ1v) is 19.4. The molecule has 1 saturated heterocycles. The molecule has 12 heteroatoms. The minimum absolute atomic E-state index is 0.0308. The van der Waals surface area contributed by atoms with Crippen molar-refractivity contribution in [2.75, 3.05) is 18.4 Å². The molecule has 1 heterocycles. The van der Waals surface area contributed by atoms with Gasteiger partial charge in [0.2, 0.25) is 23.5 Å². The smallest absolute Gasteiger partial charge is 0.319 e. The Hall–Kier alpha value is -4.22. The molecule has 0 radical (unpaired) electrons. The number of hydrogen-bond donors (Lipinski definition) is 5. The lowest BCUT2D eigenvalue weighted by atomic mass is 9.70. The highest BCUT2D eigenvalue weighted by atomic mass is 16.2. The Morgan fingerprint density at radius 1 is 0.962 bits per heavy atom. The van der Waals surface area contributed by atoms with Crippen molar-refractivity contribution >= 4 is 41.1 Å². The van der Waals surface area contributed by atoms with Crippen molar-refractivity contribution in [3.8, 4) is 0 Å². The van der Waals surface area contributed by atoms with E-state index in [0.717, 1.165) is 44.9 Å². The zero-order valence-electron chi connectivity index (χ0n) is 32.8. The maximum Gasteiger partial charge on any atom is 0.319 e. The van der Waals surface area contributed by atoms with Crippen LogP contribution in [0, 0.1) is 34.5 Å². The van der Waals surface area contributed by atoms with Crippen LogP contribution in [0.3, 0.4) is 0 Å². The van der Waals surface area contributed by atoms with E-state index in [1.165, 1.54) is 6.08 Å². The molecule has 3 aliphatic rings. The van der Waals surface area contributed by atoms with Gasteiger partial charge in [-0.1, -0.05) is 105 Å². The molecule has 6 amide bonds. The van der Waals surface area contributed by atoms with Crippen molar-refractivity contribution < 1.29 is 28.8 Å². The lowest BCUT2D eigenvalue weighted by molar-refractivity contribution is -0.146. The van der Waals surface area contributed by atoms with Crippen LogP contribution in [0.5, 0.6) is 0 Å². The van der Waals surface area contributed by atoms with E-state index in [9.17, 15) is 28.8 Å². The summed E-state index contributed by atoms with van der Waals surface area (Å²) >= 11 is 0. The highest BCUT2D eigenvalue weighted by Crippen LogP contribution is 2.40. The number of likely N-dealkylation sites (tertiary alicyclic amines) is 1. The molecule has 53 heavy (non-hydrogen) atoms. The number of urea groups is 1. The van der Waals surface area contributed by atoms with E-state index in [4.69, 9.17) is 0 Å². The summed E-state index contributed by atoms with van der Waals surface area (Å²) in [5, 5.41) is 14.2. The molecule has 0 bridgehead atoms. The number of hydrogen-bond acceptors (Lipinski definition) is 6. The summed E-state index contributed by atoms with van der Waals surface area (Å²) < 4.78 is 0. The van der Waals surface area contributed by atoms with E-state index in [2.05, 4.69) is 47.0 Å². The predicted octanol–water partition coefficient (Wildman–Crippen LogP) is 4.95. The first kappa shape index (κ1) is 41.5. The Kier molecular flexibility index (Phi) is 13.9. The summed E-state index contributed by atoms with van der Waals surface area (Å²) in [7, 11) is 0. The Morgan fingerprint density at radius 3 is 2.17 bits per heavy atom. The van der Waals surface area contributed by atoms with Gasteiger partial charge in [0, 0.05) is 18.8 Å². The van der Waals surface area contributed by atoms with Crippen molar-refractivity contribution in [3.05, 3.63) is 43.0 Å². The number of nitrogens with one attached hydrogen (secondary N) is 5. The number of para-hydroxylation sites is 1. The quantitative estimate of drug-likeness (QED) is 0.126. The molecule has 6 atom stereocenters. The first-order chi connectivity index (χ1) is 25.0. The summed E-state index contributed by atoms with van der Waals surface area (Å²) in [5.41, 5.74) is -0.729. The molecule has 1 aliphatic heterocycles. The molecule has 1 aromatic rings. The van der Waals surface area contributed by atoms with E-state index in [-0.39, 0.29) is 36.8 Å². The van der Waals surface area contributed by atoms with Gasteiger partial charge in [0.05, 0.1) is 6.04 Å². The van der Waals surface area contributed by atoms with Crippen molar-refractivity contribution in [2.45, 2.75) is 124 Å².